The molecular formula is C48H65N5O11. The van der Waals surface area contributed by atoms with Crippen LogP contribution in [0.1, 0.15) is 126 Å². The van der Waals surface area contributed by atoms with Gasteiger partial charge in [0.05, 0.1) is 41.0 Å². The molecule has 4 aliphatic heterocycles. The number of phenolic OH excluding ortho intramolecular Hbond substituents is 1. The Hall–Kier alpha value is -5.32. The molecule has 0 radical (unpaired) electrons. The second-order valence-corrected chi connectivity index (χ2v) is 18.6. The SMILES string of the molecule is CCCNC(=O)CC(=O)O[C@@H]1CC/C=C/O[C@@]2(C)Oc3c(C)c(O)c4c(c3C2=O)C2=NC3(CCN(CC(C)C)CC3)NC2=C(NC(=O)/C(C)=C\C=C\C(C)[C@H](O)[C@@H](C)[C@@H](O)[C@H]1C)C4=O. The number of piperidine rings is 1. The average Bonchev–Trinajstić information content (AvgIpc) is 3.75. The fourth-order valence-corrected chi connectivity index (χ4v) is 9.12. The van der Waals surface area contributed by atoms with Crippen molar-refractivity contribution in [3.63, 3.8) is 0 Å². The summed E-state index contributed by atoms with van der Waals surface area (Å²) < 4.78 is 18.1. The minimum Gasteiger partial charge on any atom is -0.507 e. The number of aliphatic imine (C=N–C) groups is 1. The van der Waals surface area contributed by atoms with Crippen molar-refractivity contribution >= 4 is 35.1 Å². The molecule has 6 N–H and O–H groups in total. The third kappa shape index (κ3) is 9.69. The Morgan fingerprint density at radius 2 is 1.73 bits per heavy atom. The maximum absolute atomic E-state index is 14.7. The first-order valence-electron chi connectivity index (χ1n) is 22.6. The van der Waals surface area contributed by atoms with Gasteiger partial charge in [0.25, 0.3) is 11.7 Å². The molecule has 1 aromatic carbocycles. The van der Waals surface area contributed by atoms with Crippen molar-refractivity contribution in [1.82, 2.24) is 20.9 Å². The molecule has 1 unspecified atom stereocenters. The first-order chi connectivity index (χ1) is 30.2. The number of nitrogens with one attached hydrogen (secondary N) is 3. The van der Waals surface area contributed by atoms with Gasteiger partial charge in [-0.15, -0.1) is 0 Å². The van der Waals surface area contributed by atoms with Crippen LogP contribution in [0.3, 0.4) is 0 Å². The van der Waals surface area contributed by atoms with Gasteiger partial charge in [-0.05, 0) is 45.1 Å². The van der Waals surface area contributed by atoms with Gasteiger partial charge in [0, 0.05) is 80.4 Å². The molecule has 1 aromatic rings. The lowest BCUT2D eigenvalue weighted by atomic mass is 9.81. The van der Waals surface area contributed by atoms with E-state index in [1.165, 1.54) is 20.1 Å². The predicted octanol–water partition coefficient (Wildman–Crippen LogP) is 4.64. The molecule has 16 nitrogen and oxygen atoms in total. The standard InChI is InChI=1S/C48H65N5O11/c1-10-19-49-32(54)23-33(55)63-31-16-11-12-22-62-47(9)45(60)36-34-35(42(58)30(8)44(36)64-47)43(59)39(38-37(34)51-48(52-38)17-20-53(21-18-48)24-25(2)3)50-46(61)27(5)15-13-14-26(4)40(56)29(7)41(57)28(31)6/h12-15,22,25-26,28-29,31,40-41,52,56-58H,10-11,16-21,23-24H2,1-9H3,(H,49,54)(H,50,61)/b14-13+,22-12+,27-15-/t26?,28-,29+,31+,40-,41-,47-/m0/s1. The van der Waals surface area contributed by atoms with E-state index in [0.717, 1.165) is 6.54 Å². The minimum atomic E-state index is -1.94. The van der Waals surface area contributed by atoms with E-state index in [-0.39, 0.29) is 63.5 Å². The fraction of sp³-hybridized carbons (Fsp3) is 0.583. The summed E-state index contributed by atoms with van der Waals surface area (Å²) in [5.41, 5.74) is -0.209. The highest BCUT2D eigenvalue weighted by Crippen LogP contribution is 2.50. The molecule has 16 heteroatoms. The van der Waals surface area contributed by atoms with Crippen molar-refractivity contribution < 1.29 is 53.5 Å². The summed E-state index contributed by atoms with van der Waals surface area (Å²) in [5.74, 6) is -6.95. The molecule has 0 aromatic heterocycles. The van der Waals surface area contributed by atoms with Crippen LogP contribution in [0.2, 0.25) is 0 Å². The van der Waals surface area contributed by atoms with Crippen molar-refractivity contribution in [3.8, 4) is 11.5 Å². The second-order valence-electron chi connectivity index (χ2n) is 18.6. The molecule has 5 aliphatic rings. The number of likely N-dealkylation sites (tertiary alicyclic amines) is 1. The molecule has 1 spiro atoms. The number of aliphatic hydroxyl groups is 2. The average molecular weight is 888 g/mol. The zero-order valence-electron chi connectivity index (χ0n) is 38.5. The molecule has 4 heterocycles. The van der Waals surface area contributed by atoms with Crippen LogP contribution in [-0.4, -0.2) is 111 Å². The summed E-state index contributed by atoms with van der Waals surface area (Å²) in [5, 5.41) is 43.7. The highest BCUT2D eigenvalue weighted by Gasteiger charge is 2.54. The normalized spacial score (nSPS) is 30.3. The number of esters is 1. The zero-order valence-corrected chi connectivity index (χ0v) is 38.5. The molecule has 7 atom stereocenters. The van der Waals surface area contributed by atoms with E-state index in [1.54, 1.807) is 52.0 Å². The Bertz CT molecular complexity index is 2200. The van der Waals surface area contributed by atoms with Crippen molar-refractivity contribution in [3.05, 3.63) is 69.8 Å². The summed E-state index contributed by atoms with van der Waals surface area (Å²) in [7, 11) is 0. The van der Waals surface area contributed by atoms with E-state index < -0.39 is 89.0 Å². The van der Waals surface area contributed by atoms with Gasteiger partial charge in [-0.2, -0.15) is 0 Å². The largest absolute Gasteiger partial charge is 0.507 e. The van der Waals surface area contributed by atoms with E-state index in [4.69, 9.17) is 19.2 Å². The Balaban J connectivity index is 1.40. The lowest BCUT2D eigenvalue weighted by molar-refractivity contribution is -0.157. The third-order valence-electron chi connectivity index (χ3n) is 13.0. The molecule has 0 saturated carbocycles. The number of fused-ring (bicyclic) bond motifs is 3. The number of Topliss-reactive ketones (excluding diaryl/α,β-unsaturated/α-hetero) is 2. The fourth-order valence-electron chi connectivity index (χ4n) is 9.12. The molecule has 1 saturated heterocycles. The quantitative estimate of drug-likeness (QED) is 0.162. The van der Waals surface area contributed by atoms with Gasteiger partial charge in [-0.1, -0.05) is 59.8 Å². The lowest BCUT2D eigenvalue weighted by Crippen LogP contribution is -2.50. The number of benzene rings is 1. The number of hydrogen-bond acceptors (Lipinski definition) is 14. The van der Waals surface area contributed by atoms with E-state index in [1.807, 2.05) is 6.92 Å². The topological polar surface area (TPSA) is 225 Å². The highest BCUT2D eigenvalue weighted by molar-refractivity contribution is 6.34. The second kappa shape index (κ2) is 19.4. The van der Waals surface area contributed by atoms with Crippen molar-refractivity contribution in [2.24, 2.45) is 28.7 Å². The van der Waals surface area contributed by atoms with E-state index in [9.17, 15) is 39.3 Å². The number of hydrogen-bond donors (Lipinski definition) is 6. The minimum absolute atomic E-state index is 0.0196. The number of amides is 2. The van der Waals surface area contributed by atoms with Crippen LogP contribution in [0.5, 0.6) is 11.5 Å². The van der Waals surface area contributed by atoms with Gasteiger partial charge in [-0.3, -0.25) is 29.0 Å². The molecule has 6 rings (SSSR count). The number of rotatable bonds is 7. The molecule has 1 aliphatic carbocycles. The smallest absolute Gasteiger partial charge is 0.315 e. The Morgan fingerprint density at radius 1 is 1.03 bits per heavy atom. The van der Waals surface area contributed by atoms with Gasteiger partial charge in [0.2, 0.25) is 11.7 Å². The van der Waals surface area contributed by atoms with Crippen molar-refractivity contribution in [2.45, 2.75) is 131 Å². The van der Waals surface area contributed by atoms with Crippen LogP contribution in [-0.2, 0) is 23.9 Å². The van der Waals surface area contributed by atoms with Crippen molar-refractivity contribution in [2.75, 3.05) is 26.2 Å². The Kier molecular flexibility index (Phi) is 14.6. The molecular weight excluding hydrogens is 823 g/mol. The number of allylic oxidation sites excluding steroid dienone is 5. The maximum atomic E-state index is 14.7. The van der Waals surface area contributed by atoms with E-state index in [0.29, 0.717) is 44.8 Å². The van der Waals surface area contributed by atoms with Crippen LogP contribution in [0.25, 0.3) is 0 Å². The molecule has 2 amide bonds. The number of carbonyl (C=O) groups is 5. The van der Waals surface area contributed by atoms with Crippen LogP contribution < -0.4 is 20.7 Å². The van der Waals surface area contributed by atoms with Crippen LogP contribution in [0, 0.1) is 30.6 Å². The summed E-state index contributed by atoms with van der Waals surface area (Å²) in [6, 6.07) is 0. The number of nitrogens with zero attached hydrogens (tertiary/aromatic N) is 2. The zero-order chi connectivity index (χ0) is 46.8. The van der Waals surface area contributed by atoms with Gasteiger partial charge >= 0.3 is 11.8 Å². The van der Waals surface area contributed by atoms with E-state index >= 15 is 0 Å². The van der Waals surface area contributed by atoms with Crippen LogP contribution >= 0.6 is 0 Å². The van der Waals surface area contributed by atoms with Gasteiger partial charge in [0.15, 0.2) is 0 Å². The maximum Gasteiger partial charge on any atom is 0.315 e. The predicted molar refractivity (Wildman–Crippen MR) is 238 cm³/mol. The summed E-state index contributed by atoms with van der Waals surface area (Å²) in [6.07, 6.45) is 6.41. The van der Waals surface area contributed by atoms with Gasteiger partial charge in [0.1, 0.15) is 35.4 Å². The molecule has 1 fully saturated rings. The van der Waals surface area contributed by atoms with Crippen LogP contribution in [0.15, 0.2) is 52.5 Å². The van der Waals surface area contributed by atoms with Crippen LogP contribution in [0.4, 0.5) is 0 Å². The van der Waals surface area contributed by atoms with Crippen molar-refractivity contribution in [1.29, 1.82) is 0 Å². The Morgan fingerprint density at radius 3 is 2.41 bits per heavy atom. The summed E-state index contributed by atoms with van der Waals surface area (Å²) in [4.78, 5) is 76.2. The van der Waals surface area contributed by atoms with Gasteiger partial charge in [-0.25, -0.2) is 0 Å². The number of aromatic hydroxyl groups is 1. The number of ketones is 2. The lowest BCUT2D eigenvalue weighted by Gasteiger charge is -2.38. The molecule has 5 bridgehead atoms. The number of ether oxygens (including phenoxy) is 3. The number of aliphatic hydroxyl groups excluding tert-OH is 2. The first-order valence-corrected chi connectivity index (χ1v) is 22.6. The third-order valence-corrected chi connectivity index (χ3v) is 13.0. The number of carbonyl (C=O) groups excluding carboxylic acids is 5. The first kappa shape index (κ1) is 48.1. The summed E-state index contributed by atoms with van der Waals surface area (Å²) in [6.45, 7) is 18.6. The van der Waals surface area contributed by atoms with E-state index in [2.05, 4.69) is 34.7 Å². The number of phenols is 1. The monoisotopic (exact) mass is 887 g/mol. The molecule has 64 heavy (non-hydrogen) atoms. The molecule has 348 valence electrons. The van der Waals surface area contributed by atoms with Gasteiger partial charge < -0.3 is 50.4 Å². The highest BCUT2D eigenvalue weighted by atomic mass is 16.7. The summed E-state index contributed by atoms with van der Waals surface area (Å²) >= 11 is 0. The Labute approximate surface area is 375 Å².